The minimum Gasteiger partial charge on any atom is -0.508 e. The number of phenols is 2. The van der Waals surface area contributed by atoms with Crippen LogP contribution in [-0.2, 0) is 6.61 Å². The number of furan rings is 1. The molecule has 1 aliphatic rings. The average Bonchev–Trinajstić information content (AvgIpc) is 2.75. The van der Waals surface area contributed by atoms with Crippen molar-refractivity contribution in [1.82, 2.24) is 0 Å². The third-order valence-electron chi connectivity index (χ3n) is 3.36. The Bertz CT molecular complexity index is 801. The molecule has 19 heavy (non-hydrogen) atoms. The van der Waals surface area contributed by atoms with Crippen LogP contribution in [0.25, 0.3) is 22.3 Å². The normalized spacial score (nSPS) is 12.8. The van der Waals surface area contributed by atoms with Gasteiger partial charge < -0.3 is 19.4 Å². The quantitative estimate of drug-likeness (QED) is 0.645. The number of ether oxygens (including phenoxy) is 1. The topological polar surface area (TPSA) is 62.8 Å². The first kappa shape index (κ1) is 10.3. The summed E-state index contributed by atoms with van der Waals surface area (Å²) < 4.78 is 11.5. The summed E-state index contributed by atoms with van der Waals surface area (Å²) in [5, 5.41) is 19.9. The van der Waals surface area contributed by atoms with Crippen molar-refractivity contribution in [2.75, 3.05) is 0 Å². The van der Waals surface area contributed by atoms with Gasteiger partial charge in [-0.15, -0.1) is 0 Å². The van der Waals surface area contributed by atoms with Crippen molar-refractivity contribution in [3.05, 3.63) is 42.0 Å². The minimum absolute atomic E-state index is 0.163. The fraction of sp³-hybridized carbons (Fsp3) is 0.0667. The zero-order chi connectivity index (χ0) is 13.0. The lowest BCUT2D eigenvalue weighted by Crippen LogP contribution is -2.03. The summed E-state index contributed by atoms with van der Waals surface area (Å²) in [5.41, 5.74) is 2.41. The van der Waals surface area contributed by atoms with Gasteiger partial charge in [-0.2, -0.15) is 0 Å². The lowest BCUT2D eigenvalue weighted by atomic mass is 10.0. The van der Waals surface area contributed by atoms with Crippen LogP contribution in [0.5, 0.6) is 17.2 Å². The molecule has 1 aromatic heterocycles. The number of fused-ring (bicyclic) bond motifs is 5. The molecule has 0 amide bonds. The summed E-state index contributed by atoms with van der Waals surface area (Å²) in [6, 6.07) is 9.98. The van der Waals surface area contributed by atoms with E-state index in [1.807, 2.05) is 6.07 Å². The summed E-state index contributed by atoms with van der Waals surface area (Å²) in [6.07, 6.45) is 0. The Kier molecular flexibility index (Phi) is 1.87. The van der Waals surface area contributed by atoms with Crippen LogP contribution in [0, 0.1) is 0 Å². The first-order chi connectivity index (χ1) is 9.22. The summed E-state index contributed by atoms with van der Waals surface area (Å²) in [6.45, 7) is 0.392. The molecule has 0 saturated heterocycles. The van der Waals surface area contributed by atoms with E-state index in [-0.39, 0.29) is 11.5 Å². The molecule has 0 radical (unpaired) electrons. The Labute approximate surface area is 108 Å². The van der Waals surface area contributed by atoms with Crippen LogP contribution in [0.1, 0.15) is 5.56 Å². The number of benzene rings is 2. The summed E-state index contributed by atoms with van der Waals surface area (Å²) in [5.74, 6) is 1.68. The van der Waals surface area contributed by atoms with Crippen LogP contribution >= 0.6 is 0 Å². The van der Waals surface area contributed by atoms with Gasteiger partial charge in [-0.1, -0.05) is 0 Å². The van der Waals surface area contributed by atoms with E-state index in [0.29, 0.717) is 17.9 Å². The van der Waals surface area contributed by atoms with Gasteiger partial charge in [-0.05, 0) is 24.3 Å². The molecule has 4 heteroatoms. The molecule has 2 heterocycles. The Morgan fingerprint density at radius 1 is 0.947 bits per heavy atom. The van der Waals surface area contributed by atoms with E-state index in [1.165, 1.54) is 0 Å². The van der Waals surface area contributed by atoms with Gasteiger partial charge in [0.1, 0.15) is 35.2 Å². The van der Waals surface area contributed by atoms with Gasteiger partial charge in [0.15, 0.2) is 0 Å². The second-order valence-electron chi connectivity index (χ2n) is 4.56. The van der Waals surface area contributed by atoms with Crippen molar-refractivity contribution in [2.24, 2.45) is 0 Å². The van der Waals surface area contributed by atoms with Gasteiger partial charge in [0.05, 0.1) is 5.56 Å². The Morgan fingerprint density at radius 2 is 1.74 bits per heavy atom. The van der Waals surface area contributed by atoms with Crippen molar-refractivity contribution >= 4 is 11.0 Å². The maximum atomic E-state index is 9.50. The smallest absolute Gasteiger partial charge is 0.145 e. The Balaban J connectivity index is 2.04. The number of phenolic OH excluding ortho intramolecular Hbond substituents is 2. The zero-order valence-electron chi connectivity index (χ0n) is 9.88. The molecule has 4 rings (SSSR count). The molecule has 2 aromatic carbocycles. The average molecular weight is 254 g/mol. The van der Waals surface area contributed by atoms with Crippen LogP contribution < -0.4 is 4.74 Å². The molecule has 0 saturated carbocycles. The number of aromatic hydroxyl groups is 2. The Hall–Kier alpha value is -2.62. The molecule has 94 valence electrons. The van der Waals surface area contributed by atoms with Gasteiger partial charge in [-0.25, -0.2) is 0 Å². The zero-order valence-corrected chi connectivity index (χ0v) is 9.88. The largest absolute Gasteiger partial charge is 0.508 e. The summed E-state index contributed by atoms with van der Waals surface area (Å²) in [4.78, 5) is 0. The van der Waals surface area contributed by atoms with Gasteiger partial charge in [0.25, 0.3) is 0 Å². The van der Waals surface area contributed by atoms with E-state index in [2.05, 4.69) is 0 Å². The second kappa shape index (κ2) is 3.45. The molecule has 4 nitrogen and oxygen atoms in total. The monoisotopic (exact) mass is 254 g/mol. The highest BCUT2D eigenvalue weighted by atomic mass is 16.5. The molecule has 0 spiro atoms. The van der Waals surface area contributed by atoms with Crippen LogP contribution in [0.4, 0.5) is 0 Å². The van der Waals surface area contributed by atoms with Crippen molar-refractivity contribution in [2.45, 2.75) is 6.61 Å². The molecule has 0 unspecified atom stereocenters. The maximum absolute atomic E-state index is 9.50. The van der Waals surface area contributed by atoms with E-state index in [0.717, 1.165) is 22.3 Å². The number of rotatable bonds is 0. The Morgan fingerprint density at radius 3 is 2.63 bits per heavy atom. The van der Waals surface area contributed by atoms with Crippen molar-refractivity contribution in [3.8, 4) is 28.6 Å². The minimum atomic E-state index is 0.163. The fourth-order valence-electron chi connectivity index (χ4n) is 2.47. The molecule has 0 atom stereocenters. The third-order valence-corrected chi connectivity index (χ3v) is 3.36. The lowest BCUT2D eigenvalue weighted by molar-refractivity contribution is 0.298. The van der Waals surface area contributed by atoms with Crippen molar-refractivity contribution in [3.63, 3.8) is 0 Å². The predicted molar refractivity (Wildman–Crippen MR) is 69.3 cm³/mol. The first-order valence-electron chi connectivity index (χ1n) is 5.93. The highest BCUT2D eigenvalue weighted by molar-refractivity contribution is 5.90. The van der Waals surface area contributed by atoms with E-state index >= 15 is 0 Å². The van der Waals surface area contributed by atoms with Gasteiger partial charge >= 0.3 is 0 Å². The molecule has 0 aliphatic carbocycles. The first-order valence-corrected chi connectivity index (χ1v) is 5.93. The number of hydrogen-bond acceptors (Lipinski definition) is 4. The third kappa shape index (κ3) is 1.40. The molecular formula is C15H10O4. The highest BCUT2D eigenvalue weighted by Crippen LogP contribution is 2.44. The van der Waals surface area contributed by atoms with Crippen LogP contribution in [0.2, 0.25) is 0 Å². The van der Waals surface area contributed by atoms with E-state index in [4.69, 9.17) is 9.15 Å². The molecular weight excluding hydrogens is 244 g/mol. The van der Waals surface area contributed by atoms with Gasteiger partial charge in [0.2, 0.25) is 0 Å². The molecule has 1 aliphatic heterocycles. The predicted octanol–water partition coefficient (Wildman–Crippen LogP) is 3.40. The van der Waals surface area contributed by atoms with Crippen LogP contribution in [-0.4, -0.2) is 10.2 Å². The molecule has 0 bridgehead atoms. The summed E-state index contributed by atoms with van der Waals surface area (Å²) in [7, 11) is 0. The summed E-state index contributed by atoms with van der Waals surface area (Å²) >= 11 is 0. The van der Waals surface area contributed by atoms with E-state index < -0.39 is 0 Å². The van der Waals surface area contributed by atoms with Gasteiger partial charge in [-0.3, -0.25) is 0 Å². The van der Waals surface area contributed by atoms with Crippen LogP contribution in [0.3, 0.4) is 0 Å². The standard InChI is InChI=1S/C15H10O4/c16-8-2-4-11-13(5-8)18-7-12-10-3-1-9(17)6-14(10)19-15(11)12/h1-6,16-17H,7H2. The van der Waals surface area contributed by atoms with Crippen LogP contribution in [0.15, 0.2) is 40.8 Å². The van der Waals surface area contributed by atoms with Crippen molar-refractivity contribution in [1.29, 1.82) is 0 Å². The fourth-order valence-corrected chi connectivity index (χ4v) is 2.47. The van der Waals surface area contributed by atoms with E-state index in [9.17, 15) is 10.2 Å². The molecule has 2 N–H and O–H groups in total. The van der Waals surface area contributed by atoms with Crippen molar-refractivity contribution < 1.29 is 19.4 Å². The maximum Gasteiger partial charge on any atom is 0.145 e. The SMILES string of the molecule is Oc1ccc2c(c1)OCc1c-2oc2cc(O)ccc12. The van der Waals surface area contributed by atoms with Gasteiger partial charge in [0, 0.05) is 23.1 Å². The second-order valence-corrected chi connectivity index (χ2v) is 4.56. The molecule has 0 fully saturated rings. The molecule has 3 aromatic rings. The number of hydrogen-bond donors (Lipinski definition) is 2. The van der Waals surface area contributed by atoms with E-state index in [1.54, 1.807) is 30.3 Å². The highest BCUT2D eigenvalue weighted by Gasteiger charge is 2.24. The lowest BCUT2D eigenvalue weighted by Gasteiger charge is -2.16.